The first-order valence-electron chi connectivity index (χ1n) is 6.13. The molecule has 0 aromatic heterocycles. The van der Waals surface area contributed by atoms with E-state index in [1.165, 1.54) is 5.56 Å². The molecule has 0 amide bonds. The van der Waals surface area contributed by atoms with Crippen LogP contribution in [0.25, 0.3) is 0 Å². The lowest BCUT2D eigenvalue weighted by Crippen LogP contribution is -2.24. The van der Waals surface area contributed by atoms with E-state index in [-0.39, 0.29) is 27.6 Å². The Labute approximate surface area is 119 Å². The molecule has 0 unspecified atom stereocenters. The smallest absolute Gasteiger partial charge is 0.269 e. The summed E-state index contributed by atoms with van der Waals surface area (Å²) in [7, 11) is 0. The lowest BCUT2D eigenvalue weighted by Gasteiger charge is -2.17. The first-order chi connectivity index (χ1) is 8.17. The summed E-state index contributed by atoms with van der Waals surface area (Å²) >= 11 is 0. The average molecular weight is 317 g/mol. The van der Waals surface area contributed by atoms with Crippen LogP contribution in [0.4, 0.5) is 5.69 Å². The van der Waals surface area contributed by atoms with E-state index in [1.54, 1.807) is 12.1 Å². The fourth-order valence-electron chi connectivity index (χ4n) is 1.83. The Morgan fingerprint density at radius 1 is 1.17 bits per heavy atom. The van der Waals surface area contributed by atoms with Crippen LogP contribution in [-0.2, 0) is 6.42 Å². The van der Waals surface area contributed by atoms with Crippen molar-refractivity contribution in [2.45, 2.75) is 26.7 Å². The van der Waals surface area contributed by atoms with E-state index < -0.39 is 0 Å². The van der Waals surface area contributed by atoms with Crippen molar-refractivity contribution in [3.63, 3.8) is 0 Å². The largest absolute Gasteiger partial charge is 0.304 e. The van der Waals surface area contributed by atoms with Gasteiger partial charge in [0, 0.05) is 12.1 Å². The highest BCUT2D eigenvalue weighted by Gasteiger charge is 2.04. The van der Waals surface area contributed by atoms with Crippen LogP contribution in [0.2, 0.25) is 0 Å². The topological polar surface area (TPSA) is 46.4 Å². The molecule has 0 aliphatic rings. The van der Waals surface area contributed by atoms with Crippen LogP contribution in [0, 0.1) is 10.1 Å². The number of nitrogens with zero attached hydrogens (tertiary/aromatic N) is 2. The molecular weight excluding hydrogens is 296 g/mol. The number of aryl methyl sites for hydroxylation is 1. The predicted molar refractivity (Wildman–Crippen MR) is 79.5 cm³/mol. The Balaban J connectivity index is 0.00000289. The minimum Gasteiger partial charge on any atom is -0.304 e. The quantitative estimate of drug-likeness (QED) is 0.571. The number of halogens is 1. The summed E-state index contributed by atoms with van der Waals surface area (Å²) in [6.07, 6.45) is 2.08. The number of benzene rings is 1. The van der Waals surface area contributed by atoms with Gasteiger partial charge in [0.1, 0.15) is 0 Å². The zero-order valence-electron chi connectivity index (χ0n) is 11.0. The van der Waals surface area contributed by atoms with E-state index in [1.807, 2.05) is 12.1 Å². The number of hydrogen-bond acceptors (Lipinski definition) is 3. The average Bonchev–Trinajstić information content (AvgIpc) is 2.35. The molecule has 0 fully saturated rings. The molecule has 0 atom stereocenters. The maximum atomic E-state index is 10.5. The molecule has 0 saturated carbocycles. The Kier molecular flexibility index (Phi) is 8.58. The Hall–Kier alpha value is -0.940. The van der Waals surface area contributed by atoms with Crippen molar-refractivity contribution in [2.75, 3.05) is 19.6 Å². The third kappa shape index (κ3) is 5.60. The molecule has 102 valence electrons. The molecule has 0 radical (unpaired) electrons. The van der Waals surface area contributed by atoms with Gasteiger partial charge in [-0.3, -0.25) is 10.1 Å². The van der Waals surface area contributed by atoms with Crippen LogP contribution < -0.4 is 0 Å². The second kappa shape index (κ2) is 9.05. The molecule has 1 aromatic rings. The number of nitro groups is 1. The third-order valence-electron chi connectivity index (χ3n) is 2.98. The van der Waals surface area contributed by atoms with Crippen molar-refractivity contribution in [2.24, 2.45) is 0 Å². The minimum atomic E-state index is -0.361. The van der Waals surface area contributed by atoms with Gasteiger partial charge in [0.25, 0.3) is 5.69 Å². The summed E-state index contributed by atoms with van der Waals surface area (Å²) in [6, 6.07) is 6.85. The van der Waals surface area contributed by atoms with E-state index in [0.29, 0.717) is 0 Å². The van der Waals surface area contributed by atoms with E-state index in [4.69, 9.17) is 0 Å². The van der Waals surface area contributed by atoms with Gasteiger partial charge in [-0.15, -0.1) is 17.0 Å². The van der Waals surface area contributed by atoms with Gasteiger partial charge in [-0.25, -0.2) is 0 Å². The lowest BCUT2D eigenvalue weighted by atomic mass is 10.1. The number of nitro benzene ring substituents is 1. The third-order valence-corrected chi connectivity index (χ3v) is 2.98. The monoisotopic (exact) mass is 316 g/mol. The highest BCUT2D eigenvalue weighted by molar-refractivity contribution is 8.93. The number of hydrogen-bond donors (Lipinski definition) is 0. The summed E-state index contributed by atoms with van der Waals surface area (Å²) < 4.78 is 0. The van der Waals surface area contributed by atoms with Crippen molar-refractivity contribution >= 4 is 22.7 Å². The van der Waals surface area contributed by atoms with Crippen LogP contribution in [-0.4, -0.2) is 29.5 Å². The molecule has 0 saturated heterocycles. The fraction of sp³-hybridized carbons (Fsp3) is 0.538. The summed E-state index contributed by atoms with van der Waals surface area (Å²) in [6.45, 7) is 7.57. The van der Waals surface area contributed by atoms with Crippen molar-refractivity contribution in [1.29, 1.82) is 0 Å². The van der Waals surface area contributed by atoms with Crippen LogP contribution in [0.5, 0.6) is 0 Å². The standard InChI is InChI=1S/C13H20N2O2.BrH/c1-3-14(4-2)11-5-6-12-7-9-13(10-8-12)15(16)17;/h7-10H,3-6,11H2,1-2H3;1H. The van der Waals surface area contributed by atoms with Gasteiger partial charge >= 0.3 is 0 Å². The lowest BCUT2D eigenvalue weighted by molar-refractivity contribution is -0.384. The number of rotatable bonds is 7. The van der Waals surface area contributed by atoms with E-state index in [0.717, 1.165) is 32.5 Å². The molecule has 0 bridgehead atoms. The van der Waals surface area contributed by atoms with Gasteiger partial charge < -0.3 is 4.90 Å². The molecule has 18 heavy (non-hydrogen) atoms. The highest BCUT2D eigenvalue weighted by atomic mass is 79.9. The zero-order valence-corrected chi connectivity index (χ0v) is 12.7. The SMILES string of the molecule is Br.CCN(CC)CCCc1ccc([N+](=O)[O-])cc1. The molecule has 5 heteroatoms. The molecule has 0 aliphatic carbocycles. The molecule has 0 aliphatic heterocycles. The van der Waals surface area contributed by atoms with Gasteiger partial charge in [0.2, 0.25) is 0 Å². The van der Waals surface area contributed by atoms with Crippen molar-refractivity contribution < 1.29 is 4.92 Å². The molecule has 0 spiro atoms. The fourth-order valence-corrected chi connectivity index (χ4v) is 1.83. The first kappa shape index (κ1) is 17.1. The normalized spacial score (nSPS) is 10.2. The summed E-state index contributed by atoms with van der Waals surface area (Å²) in [5.41, 5.74) is 1.33. The van der Waals surface area contributed by atoms with Crippen LogP contribution in [0.1, 0.15) is 25.8 Å². The van der Waals surface area contributed by atoms with Gasteiger partial charge in [-0.2, -0.15) is 0 Å². The van der Waals surface area contributed by atoms with Crippen LogP contribution in [0.15, 0.2) is 24.3 Å². The van der Waals surface area contributed by atoms with Gasteiger partial charge in [0.05, 0.1) is 4.92 Å². The summed E-state index contributed by atoms with van der Waals surface area (Å²) in [5, 5.41) is 10.5. The van der Waals surface area contributed by atoms with E-state index in [2.05, 4.69) is 18.7 Å². The van der Waals surface area contributed by atoms with E-state index in [9.17, 15) is 10.1 Å². The van der Waals surface area contributed by atoms with Crippen molar-refractivity contribution in [3.05, 3.63) is 39.9 Å². The molecule has 0 N–H and O–H groups in total. The highest BCUT2D eigenvalue weighted by Crippen LogP contribution is 2.13. The molecule has 1 rings (SSSR count). The first-order valence-corrected chi connectivity index (χ1v) is 6.13. The maximum Gasteiger partial charge on any atom is 0.269 e. The molecule has 4 nitrogen and oxygen atoms in total. The molecular formula is C13H21BrN2O2. The zero-order chi connectivity index (χ0) is 12.7. The van der Waals surface area contributed by atoms with Gasteiger partial charge in [-0.1, -0.05) is 26.0 Å². The maximum absolute atomic E-state index is 10.5. The Morgan fingerprint density at radius 2 is 1.72 bits per heavy atom. The minimum absolute atomic E-state index is 0. The van der Waals surface area contributed by atoms with Crippen molar-refractivity contribution in [3.8, 4) is 0 Å². The van der Waals surface area contributed by atoms with Crippen LogP contribution >= 0.6 is 17.0 Å². The van der Waals surface area contributed by atoms with Crippen molar-refractivity contribution in [1.82, 2.24) is 4.90 Å². The summed E-state index contributed by atoms with van der Waals surface area (Å²) in [4.78, 5) is 12.5. The second-order valence-electron chi connectivity index (χ2n) is 4.05. The van der Waals surface area contributed by atoms with Gasteiger partial charge in [-0.05, 0) is 38.0 Å². The van der Waals surface area contributed by atoms with E-state index >= 15 is 0 Å². The second-order valence-corrected chi connectivity index (χ2v) is 4.05. The Morgan fingerprint density at radius 3 is 2.17 bits per heavy atom. The predicted octanol–water partition coefficient (Wildman–Crippen LogP) is 3.45. The Bertz CT molecular complexity index is 351. The van der Waals surface area contributed by atoms with Gasteiger partial charge in [0.15, 0.2) is 0 Å². The summed E-state index contributed by atoms with van der Waals surface area (Å²) in [5.74, 6) is 0. The van der Waals surface area contributed by atoms with Crippen LogP contribution in [0.3, 0.4) is 0 Å². The molecule has 1 aromatic carbocycles. The molecule has 0 heterocycles. The number of non-ortho nitro benzene ring substituents is 1.